The molecule has 2 aromatic carbocycles. The van der Waals surface area contributed by atoms with E-state index in [0.29, 0.717) is 25.9 Å². The average molecular weight is 502 g/mol. The number of ether oxygens (including phenoxy) is 1. The molecule has 0 aliphatic carbocycles. The third kappa shape index (κ3) is 4.88. The highest BCUT2D eigenvalue weighted by atomic mass is 19.1. The maximum atomic E-state index is 13.5. The summed E-state index contributed by atoms with van der Waals surface area (Å²) in [5.41, 5.74) is 7.45. The largest absolute Gasteiger partial charge is 0.497 e. The number of fused-ring (bicyclic) bond motifs is 1. The van der Waals surface area contributed by atoms with Gasteiger partial charge in [0.15, 0.2) is 5.65 Å². The van der Waals surface area contributed by atoms with Gasteiger partial charge in [0.2, 0.25) is 5.91 Å². The minimum Gasteiger partial charge on any atom is -0.497 e. The first-order chi connectivity index (χ1) is 17.9. The van der Waals surface area contributed by atoms with Crippen LogP contribution >= 0.6 is 0 Å². The second-order valence-corrected chi connectivity index (χ2v) is 9.53. The van der Waals surface area contributed by atoms with Gasteiger partial charge in [-0.3, -0.25) is 4.79 Å². The predicted molar refractivity (Wildman–Crippen MR) is 143 cm³/mol. The van der Waals surface area contributed by atoms with Gasteiger partial charge in [0.25, 0.3) is 0 Å². The fraction of sp³-hybridized carbons (Fsp3) is 0.345. The summed E-state index contributed by atoms with van der Waals surface area (Å²) in [5, 5.41) is 4.73. The Balaban J connectivity index is 1.27. The van der Waals surface area contributed by atoms with E-state index in [9.17, 15) is 9.18 Å². The number of halogens is 1. The highest BCUT2D eigenvalue weighted by Gasteiger charge is 2.23. The molecule has 3 heterocycles. The van der Waals surface area contributed by atoms with Crippen LogP contribution in [0.4, 0.5) is 10.1 Å². The number of aryl methyl sites for hydroxylation is 3. The summed E-state index contributed by atoms with van der Waals surface area (Å²) in [6.07, 6.45) is 1.05. The summed E-state index contributed by atoms with van der Waals surface area (Å²) in [4.78, 5) is 22.2. The van der Waals surface area contributed by atoms with E-state index < -0.39 is 0 Å². The van der Waals surface area contributed by atoms with E-state index in [4.69, 9.17) is 14.8 Å². The zero-order valence-electron chi connectivity index (χ0n) is 21.8. The monoisotopic (exact) mass is 501 g/mol. The molecule has 0 N–H and O–H groups in total. The molecule has 8 heteroatoms. The molecule has 7 nitrogen and oxygen atoms in total. The van der Waals surface area contributed by atoms with Gasteiger partial charge in [-0.15, -0.1) is 0 Å². The van der Waals surface area contributed by atoms with Crippen molar-refractivity contribution in [1.29, 1.82) is 0 Å². The number of anilines is 1. The Morgan fingerprint density at radius 3 is 2.27 bits per heavy atom. The fourth-order valence-electron chi connectivity index (χ4n) is 5.18. The van der Waals surface area contributed by atoms with Gasteiger partial charge in [-0.2, -0.15) is 5.10 Å². The minimum atomic E-state index is -0.271. The van der Waals surface area contributed by atoms with Gasteiger partial charge >= 0.3 is 0 Å². The highest BCUT2D eigenvalue weighted by molar-refractivity contribution is 5.80. The van der Waals surface area contributed by atoms with Crippen LogP contribution in [-0.2, 0) is 11.2 Å². The summed E-state index contributed by atoms with van der Waals surface area (Å²) < 4.78 is 20.6. The van der Waals surface area contributed by atoms with Crippen molar-refractivity contribution in [2.24, 2.45) is 0 Å². The Morgan fingerprint density at radius 1 is 0.946 bits per heavy atom. The molecule has 0 saturated carbocycles. The molecule has 192 valence electrons. The molecule has 1 aliphatic heterocycles. The lowest BCUT2D eigenvalue weighted by Gasteiger charge is -2.36. The molecule has 1 fully saturated rings. The van der Waals surface area contributed by atoms with Crippen LogP contribution in [-0.4, -0.2) is 58.7 Å². The molecule has 5 rings (SSSR count). The number of benzene rings is 2. The number of nitrogens with zero attached hydrogens (tertiary/aromatic N) is 5. The van der Waals surface area contributed by atoms with E-state index in [-0.39, 0.29) is 11.7 Å². The molecular formula is C29H32FN5O2. The Morgan fingerprint density at radius 2 is 1.62 bits per heavy atom. The second kappa shape index (κ2) is 10.2. The van der Waals surface area contributed by atoms with Gasteiger partial charge in [0.05, 0.1) is 12.8 Å². The number of methoxy groups -OCH3 is 1. The SMILES string of the molecule is COc1ccc(N2CCN(C(=O)CCc3c(C)nc4c(-c5ccc(F)cc5)c(C)nn4c3C)CC2)cc1. The number of amides is 1. The summed E-state index contributed by atoms with van der Waals surface area (Å²) in [7, 11) is 1.66. The van der Waals surface area contributed by atoms with E-state index in [1.165, 1.54) is 12.1 Å². The van der Waals surface area contributed by atoms with Crippen LogP contribution in [0.15, 0.2) is 48.5 Å². The normalized spacial score (nSPS) is 13.9. The summed E-state index contributed by atoms with van der Waals surface area (Å²) >= 11 is 0. The number of hydrogen-bond donors (Lipinski definition) is 0. The molecule has 0 unspecified atom stereocenters. The summed E-state index contributed by atoms with van der Waals surface area (Å²) in [5.74, 6) is 0.733. The van der Waals surface area contributed by atoms with E-state index in [1.807, 2.05) is 42.3 Å². The van der Waals surface area contributed by atoms with E-state index in [0.717, 1.165) is 63.9 Å². The zero-order chi connectivity index (χ0) is 26.1. The van der Waals surface area contributed by atoms with Crippen molar-refractivity contribution in [3.05, 3.63) is 77.0 Å². The smallest absolute Gasteiger partial charge is 0.223 e. The van der Waals surface area contributed by atoms with Crippen LogP contribution < -0.4 is 9.64 Å². The van der Waals surface area contributed by atoms with E-state index in [1.54, 1.807) is 19.2 Å². The van der Waals surface area contributed by atoms with Gasteiger partial charge in [-0.1, -0.05) is 12.1 Å². The van der Waals surface area contributed by atoms with Crippen molar-refractivity contribution in [3.63, 3.8) is 0 Å². The maximum Gasteiger partial charge on any atom is 0.223 e. The second-order valence-electron chi connectivity index (χ2n) is 9.53. The molecule has 0 atom stereocenters. The van der Waals surface area contributed by atoms with Gasteiger partial charge < -0.3 is 14.5 Å². The molecular weight excluding hydrogens is 469 g/mol. The third-order valence-electron chi connectivity index (χ3n) is 7.29. The lowest BCUT2D eigenvalue weighted by Crippen LogP contribution is -2.48. The lowest BCUT2D eigenvalue weighted by atomic mass is 10.0. The summed E-state index contributed by atoms with van der Waals surface area (Å²) in [6, 6.07) is 14.5. The van der Waals surface area contributed by atoms with Crippen LogP contribution in [0, 0.1) is 26.6 Å². The van der Waals surface area contributed by atoms with Gasteiger partial charge in [-0.25, -0.2) is 13.9 Å². The number of aromatic nitrogens is 3. The predicted octanol–water partition coefficient (Wildman–Crippen LogP) is 4.75. The third-order valence-corrected chi connectivity index (χ3v) is 7.29. The van der Waals surface area contributed by atoms with Crippen molar-refractivity contribution < 1.29 is 13.9 Å². The number of rotatable bonds is 6. The molecule has 37 heavy (non-hydrogen) atoms. The highest BCUT2D eigenvalue weighted by Crippen LogP contribution is 2.30. The Labute approximate surface area is 216 Å². The molecule has 1 saturated heterocycles. The first kappa shape index (κ1) is 24.7. The molecule has 0 bridgehead atoms. The van der Waals surface area contributed by atoms with Crippen molar-refractivity contribution in [2.75, 3.05) is 38.2 Å². The van der Waals surface area contributed by atoms with Crippen LogP contribution in [0.3, 0.4) is 0 Å². The molecule has 2 aromatic heterocycles. The Bertz CT molecular complexity index is 1420. The molecule has 4 aromatic rings. The first-order valence-corrected chi connectivity index (χ1v) is 12.6. The van der Waals surface area contributed by atoms with Gasteiger partial charge in [0.1, 0.15) is 11.6 Å². The summed E-state index contributed by atoms with van der Waals surface area (Å²) in [6.45, 7) is 8.98. The Hall–Kier alpha value is -3.94. The fourth-order valence-corrected chi connectivity index (χ4v) is 5.18. The molecule has 0 spiro atoms. The van der Waals surface area contributed by atoms with Crippen LogP contribution in [0.2, 0.25) is 0 Å². The minimum absolute atomic E-state index is 0.164. The molecule has 1 aliphatic rings. The zero-order valence-corrected chi connectivity index (χ0v) is 21.8. The number of carbonyl (C=O) groups is 1. The number of carbonyl (C=O) groups excluding carboxylic acids is 1. The molecule has 0 radical (unpaired) electrons. The molecule has 1 amide bonds. The van der Waals surface area contributed by atoms with Crippen molar-refractivity contribution in [3.8, 4) is 16.9 Å². The standard InChI is InChI=1S/C29H32FN5O2/c1-19-26(21(3)35-29(31-19)28(20(2)32-35)22-5-7-23(30)8-6-22)13-14-27(36)34-17-15-33(16-18-34)24-9-11-25(37-4)12-10-24/h5-12H,13-18H2,1-4H3. The van der Waals surface area contributed by atoms with Crippen molar-refractivity contribution >= 4 is 17.2 Å². The van der Waals surface area contributed by atoms with Crippen LogP contribution in [0.5, 0.6) is 5.75 Å². The van der Waals surface area contributed by atoms with E-state index in [2.05, 4.69) is 17.0 Å². The van der Waals surface area contributed by atoms with Gasteiger partial charge in [-0.05, 0) is 74.7 Å². The Kier molecular flexibility index (Phi) is 6.82. The quantitative estimate of drug-likeness (QED) is 0.382. The van der Waals surface area contributed by atoms with Crippen molar-refractivity contribution in [1.82, 2.24) is 19.5 Å². The number of hydrogen-bond acceptors (Lipinski definition) is 5. The maximum absolute atomic E-state index is 13.5. The van der Waals surface area contributed by atoms with E-state index >= 15 is 0 Å². The van der Waals surface area contributed by atoms with Gasteiger partial charge in [0, 0.05) is 55.2 Å². The van der Waals surface area contributed by atoms with Crippen LogP contribution in [0.1, 0.15) is 29.1 Å². The lowest BCUT2D eigenvalue weighted by molar-refractivity contribution is -0.131. The number of piperazine rings is 1. The topological polar surface area (TPSA) is 63.0 Å². The van der Waals surface area contributed by atoms with Crippen LogP contribution in [0.25, 0.3) is 16.8 Å². The van der Waals surface area contributed by atoms with Crippen molar-refractivity contribution in [2.45, 2.75) is 33.6 Å². The average Bonchev–Trinajstić information content (AvgIpc) is 3.24. The first-order valence-electron chi connectivity index (χ1n) is 12.6.